The summed E-state index contributed by atoms with van der Waals surface area (Å²) in [6.07, 6.45) is 8.81. The molecule has 2 fully saturated rings. The van der Waals surface area contributed by atoms with Crippen molar-refractivity contribution in [1.29, 1.82) is 0 Å². The van der Waals surface area contributed by atoms with E-state index in [1.165, 1.54) is 12.4 Å². The van der Waals surface area contributed by atoms with Gasteiger partial charge >= 0.3 is 0 Å². The molecule has 5 amide bonds. The number of nitrogens with zero attached hydrogens (tertiary/aromatic N) is 26. The van der Waals surface area contributed by atoms with Crippen LogP contribution in [0.5, 0.6) is 0 Å². The SMILES string of the molecule is CCN(CC)CCNC(=O)c1c(NC)c2ccnnc2n2c1nc1cc(F)c(F)cc12.CCN(CC)CCNC(=O)c1c(NC)c2ccnnc2n2c1nc1ccccc12.CNc1c(C(=O)N2CC(C)NC(C)C2)c2nc3ccccc3n2c2nnccc12.CNc1c(C(=O)N2CCCN(C)CC2)c2nc3cc(F)c(F)cc3n2c2nnccc12.CNc1c(C(=O)NCCN(C)C)c2nc3ccccc3n2c2nnccc12. The van der Waals surface area contributed by atoms with Crippen molar-refractivity contribution in [3.63, 3.8) is 0 Å². The maximum Gasteiger partial charge on any atom is 0.259 e. The number of nitrogens with one attached hydrogen (secondary N) is 9. The molecule has 0 aliphatic carbocycles. The number of aromatic nitrogens is 20. The fourth-order valence-electron chi connectivity index (χ4n) is 19.6. The molecule has 15 aromatic heterocycles. The van der Waals surface area contributed by atoms with Gasteiger partial charge < -0.3 is 77.3 Å². The molecular weight excluding hydrogens is 1880 g/mol. The lowest BCUT2D eigenvalue weighted by molar-refractivity contribution is 0.0675. The highest BCUT2D eigenvalue weighted by atomic mass is 19.2. The smallest absolute Gasteiger partial charge is 0.259 e. The van der Waals surface area contributed by atoms with Gasteiger partial charge in [-0.3, -0.25) is 46.0 Å². The molecule has 44 heteroatoms. The maximum atomic E-state index is 14.1. The van der Waals surface area contributed by atoms with Crippen LogP contribution in [0.2, 0.25) is 0 Å². The zero-order chi connectivity index (χ0) is 103. The minimum absolute atomic E-state index is 0.0198. The van der Waals surface area contributed by atoms with Crippen molar-refractivity contribution in [1.82, 2.24) is 149 Å². The van der Waals surface area contributed by atoms with Gasteiger partial charge in [0.1, 0.15) is 27.8 Å². The van der Waals surface area contributed by atoms with Gasteiger partial charge in [0.25, 0.3) is 29.5 Å². The van der Waals surface area contributed by atoms with Crippen LogP contribution in [0.15, 0.2) is 158 Å². The summed E-state index contributed by atoms with van der Waals surface area (Å²) in [6, 6.07) is 37.2. The topological polar surface area (TPSA) is 428 Å². The Morgan fingerprint density at radius 3 is 0.973 bits per heavy atom. The van der Waals surface area contributed by atoms with Gasteiger partial charge in [-0.25, -0.2) is 42.5 Å². The van der Waals surface area contributed by atoms with Crippen molar-refractivity contribution in [2.24, 2.45) is 0 Å². The first-order valence-corrected chi connectivity index (χ1v) is 48.8. The van der Waals surface area contributed by atoms with Crippen LogP contribution in [0, 0.1) is 23.3 Å². The lowest BCUT2D eigenvalue weighted by Crippen LogP contribution is -2.56. The van der Waals surface area contributed by atoms with E-state index in [-0.39, 0.29) is 63.9 Å². The largest absolute Gasteiger partial charge is 0.387 e. The molecule has 2 aliphatic heterocycles. The van der Waals surface area contributed by atoms with Crippen molar-refractivity contribution < 1.29 is 41.5 Å². The van der Waals surface area contributed by atoms with E-state index >= 15 is 0 Å². The normalized spacial score (nSPS) is 14.1. The monoisotopic (exact) mass is 2000 g/mol. The van der Waals surface area contributed by atoms with E-state index in [0.29, 0.717) is 170 Å². The quantitative estimate of drug-likeness (QED) is 0.0269. The summed E-state index contributed by atoms with van der Waals surface area (Å²) in [7, 11) is 14.8. The Kier molecular flexibility index (Phi) is 29.8. The molecule has 5 aromatic carbocycles. The number of carbonyl (C=O) groups is 5. The number of rotatable bonds is 23. The number of benzene rings is 5. The molecule has 40 nitrogen and oxygen atoms in total. The van der Waals surface area contributed by atoms with Crippen molar-refractivity contribution in [3.8, 4) is 0 Å². The molecule has 2 saturated heterocycles. The maximum absolute atomic E-state index is 14.1. The first-order chi connectivity index (χ1) is 71.4. The molecule has 0 spiro atoms. The number of hydrogen-bond donors (Lipinski definition) is 9. The number of imidazole rings is 5. The van der Waals surface area contributed by atoms with Crippen molar-refractivity contribution in [2.75, 3.05) is 188 Å². The number of pyridine rings is 5. The molecule has 2 unspecified atom stereocenters. The van der Waals surface area contributed by atoms with Crippen LogP contribution in [0.1, 0.15) is 99.8 Å². The number of likely N-dealkylation sites (N-methyl/N-ethyl adjacent to an activating group) is 4. The summed E-state index contributed by atoms with van der Waals surface area (Å²) < 4.78 is 64.8. The Labute approximate surface area is 839 Å². The van der Waals surface area contributed by atoms with Gasteiger partial charge in [-0.2, -0.15) is 25.5 Å². The summed E-state index contributed by atoms with van der Waals surface area (Å²) in [5.41, 5.74) is 16.8. The fourth-order valence-corrected chi connectivity index (χ4v) is 19.6. The predicted octanol–water partition coefficient (Wildman–Crippen LogP) is 12.0. The number of fused-ring (bicyclic) bond motifs is 25. The van der Waals surface area contributed by atoms with Gasteiger partial charge in [0.2, 0.25) is 0 Å². The number of halogens is 4. The van der Waals surface area contributed by atoms with Crippen molar-refractivity contribution >= 4 is 197 Å². The number of amides is 5. The molecule has 147 heavy (non-hydrogen) atoms. The third-order valence-electron chi connectivity index (χ3n) is 26.6. The molecule has 0 bridgehead atoms. The number of carbonyl (C=O) groups excluding carboxylic acids is 5. The molecule has 2 atom stereocenters. The molecule has 20 aromatic rings. The van der Waals surface area contributed by atoms with Gasteiger partial charge in [-0.1, -0.05) is 64.1 Å². The minimum Gasteiger partial charge on any atom is -0.387 e. The lowest BCUT2D eigenvalue weighted by Gasteiger charge is -2.36. The Balaban J connectivity index is 0.000000120. The molecule has 22 rings (SSSR count). The summed E-state index contributed by atoms with van der Waals surface area (Å²) in [5.74, 6) is -4.86. The molecule has 17 heterocycles. The van der Waals surface area contributed by atoms with Crippen LogP contribution < -0.4 is 47.9 Å². The average molecular weight is 2000 g/mol. The van der Waals surface area contributed by atoms with Crippen molar-refractivity contribution in [2.45, 2.75) is 60.0 Å². The Morgan fingerprint density at radius 2 is 0.646 bits per heavy atom. The number of hydrogen-bond acceptors (Lipinski definition) is 30. The third-order valence-corrected chi connectivity index (χ3v) is 26.6. The second kappa shape index (κ2) is 43.5. The zero-order valence-corrected chi connectivity index (χ0v) is 83.9. The van der Waals surface area contributed by atoms with Gasteiger partial charge in [-0.15, -0.1) is 25.5 Å². The third kappa shape index (κ3) is 19.2. The van der Waals surface area contributed by atoms with E-state index in [1.54, 1.807) is 72.6 Å². The van der Waals surface area contributed by atoms with E-state index in [4.69, 9.17) is 15.0 Å². The average Bonchev–Trinajstić information content (AvgIpc) is 1.61. The highest BCUT2D eigenvalue weighted by Crippen LogP contribution is 2.41. The van der Waals surface area contributed by atoms with Crippen LogP contribution in [-0.2, 0) is 0 Å². The predicted molar refractivity (Wildman–Crippen MR) is 564 cm³/mol. The Morgan fingerprint density at radius 1 is 0.354 bits per heavy atom. The van der Waals surface area contributed by atoms with Crippen LogP contribution in [0.25, 0.3) is 139 Å². The molecule has 2 aliphatic rings. The molecular formula is C103H113F4N35O5. The first-order valence-electron chi connectivity index (χ1n) is 48.8. The summed E-state index contributed by atoms with van der Waals surface area (Å²) in [4.78, 5) is 103. The first kappa shape index (κ1) is 101. The fraction of sp³-hybridized carbons (Fsp3) is 0.320. The van der Waals surface area contributed by atoms with Gasteiger partial charge in [0.05, 0.1) is 115 Å². The van der Waals surface area contributed by atoms with Crippen LogP contribution in [-0.4, -0.2) is 330 Å². The van der Waals surface area contributed by atoms with Gasteiger partial charge in [0.15, 0.2) is 79.7 Å². The van der Waals surface area contributed by atoms with Crippen LogP contribution in [0.4, 0.5) is 46.0 Å². The lowest BCUT2D eigenvalue weighted by atomic mass is 10.1. The van der Waals surface area contributed by atoms with Crippen LogP contribution in [0.3, 0.4) is 0 Å². The van der Waals surface area contributed by atoms with E-state index in [2.05, 4.69) is 165 Å². The highest BCUT2D eigenvalue weighted by Gasteiger charge is 2.35. The highest BCUT2D eigenvalue weighted by molar-refractivity contribution is 6.18. The van der Waals surface area contributed by atoms with E-state index in [1.807, 2.05) is 142 Å². The Hall–Kier alpha value is -16.6. The zero-order valence-electron chi connectivity index (χ0n) is 83.9. The van der Waals surface area contributed by atoms with E-state index in [9.17, 15) is 41.5 Å². The molecule has 0 radical (unpaired) electrons. The Bertz CT molecular complexity index is 8450. The molecule has 9 N–H and O–H groups in total. The number of anilines is 5. The summed E-state index contributed by atoms with van der Waals surface area (Å²) in [5, 5.41) is 73.5. The van der Waals surface area contributed by atoms with Gasteiger partial charge in [-0.05, 0) is 141 Å². The molecule has 0 saturated carbocycles. The minimum atomic E-state index is -1.01. The summed E-state index contributed by atoms with van der Waals surface area (Å²) >= 11 is 0. The van der Waals surface area contributed by atoms with E-state index < -0.39 is 23.3 Å². The number of para-hydroxylation sites is 6. The van der Waals surface area contributed by atoms with Gasteiger partial charge in [0, 0.05) is 171 Å². The van der Waals surface area contributed by atoms with Crippen LogP contribution >= 0.6 is 0 Å². The number of piperazine rings is 1. The molecule has 758 valence electrons. The standard InChI is InChI=1S/C21H21F2N7O.C21H23F2N7O.C21H23N7O.C21H25N7O.C19H21N7O/c1-24-18-12-4-5-25-27-19(12)30-16-11-14(23)13(22)10-15(16)26-20(30)17(18)21(31)29-7-3-6-28(2)8-9-29;1-4-29(5-2)9-8-25-21(31)17-18(24-3)12-6-7-26-28-19(12)30-16-11-14(23)13(22)10-15(16)27-20(17)30;1-12-10-27(11-13(2)24-12)21(29)17-18(22-3)14-8-9-23-26-19(14)28-16-7-5-4-6-15(16)25-20(17)28;1-4-27(5-2)13-12-23-21(29)17-18(22-3)14-10-11-24-26-19(14)28-16-9-7-6-8-15(16)25-20(17)28;1-20-16-12-8-9-22-24-17(12)26-14-7-5-4-6-13(14)23-18(26)15(16)19(27)21-10-11-25(2)3/h4-5,10-11,24H,3,6-9H2,1-2H3;6-7,10-11,24H,4-5,8-9H2,1-3H3,(H,25,31);4-9,12-13,22,24H,10-11H2,1-3H3;6-11,22H,4-5,12-13H2,1-3H3,(H,23,29);4-9,20H,10-11H2,1-3H3,(H,21,27). The van der Waals surface area contributed by atoms with E-state index in [0.717, 1.165) is 138 Å². The second-order valence-electron chi connectivity index (χ2n) is 35.9. The summed E-state index contributed by atoms with van der Waals surface area (Å²) in [6.45, 7) is 24.3. The van der Waals surface area contributed by atoms with Crippen molar-refractivity contribution in [3.05, 3.63) is 209 Å². The second-order valence-corrected chi connectivity index (χ2v) is 35.9.